The third-order valence-corrected chi connectivity index (χ3v) is 6.46. The molecule has 0 saturated carbocycles. The molecule has 0 radical (unpaired) electrons. The van der Waals surface area contributed by atoms with Gasteiger partial charge < -0.3 is 10.6 Å². The number of aromatic nitrogens is 1. The van der Waals surface area contributed by atoms with Crippen molar-refractivity contribution in [2.24, 2.45) is 0 Å². The number of nitrogens with one attached hydrogen (secondary N) is 3. The maximum absolute atomic E-state index is 13.7. The van der Waals surface area contributed by atoms with Gasteiger partial charge in [-0.3, -0.25) is 4.72 Å². The summed E-state index contributed by atoms with van der Waals surface area (Å²) in [5, 5.41) is 5.26. The van der Waals surface area contributed by atoms with Gasteiger partial charge in [0.2, 0.25) is 0 Å². The molecule has 0 bridgehead atoms. The first-order valence-electron chi connectivity index (χ1n) is 8.72. The van der Waals surface area contributed by atoms with E-state index >= 15 is 0 Å². The number of urea groups is 1. The number of hydrogen-bond acceptors (Lipinski definition) is 5. The molecule has 4 rings (SSSR count). The van der Waals surface area contributed by atoms with E-state index in [0.717, 1.165) is 11.3 Å². The van der Waals surface area contributed by atoms with Crippen molar-refractivity contribution in [3.63, 3.8) is 0 Å². The summed E-state index contributed by atoms with van der Waals surface area (Å²) in [4.78, 5) is 16.5. The first kappa shape index (κ1) is 19.8. The third kappa shape index (κ3) is 4.39. The fourth-order valence-electron chi connectivity index (χ4n) is 2.67. The maximum Gasteiger partial charge on any atom is 0.323 e. The average Bonchev–Trinajstić information content (AvgIpc) is 3.11. The zero-order valence-corrected chi connectivity index (χ0v) is 16.9. The summed E-state index contributed by atoms with van der Waals surface area (Å²) in [6.07, 6.45) is 0. The summed E-state index contributed by atoms with van der Waals surface area (Å²) in [5.41, 5.74) is 1.09. The second-order valence-electron chi connectivity index (χ2n) is 6.18. The van der Waals surface area contributed by atoms with Gasteiger partial charge in [-0.25, -0.2) is 22.6 Å². The van der Waals surface area contributed by atoms with Crippen molar-refractivity contribution in [3.8, 4) is 0 Å². The number of para-hydroxylation sites is 1. The molecule has 3 aromatic carbocycles. The van der Waals surface area contributed by atoms with Gasteiger partial charge in [0.15, 0.2) is 5.13 Å². The molecule has 10 heteroatoms. The molecule has 152 valence electrons. The SMILES string of the molecule is O=C(Nc1ccc2nc(NS(=O)(=O)c3ccccc3)sc2c1)Nc1ccccc1F. The molecule has 7 nitrogen and oxygen atoms in total. The van der Waals surface area contributed by atoms with Crippen molar-refractivity contribution in [1.29, 1.82) is 0 Å². The minimum absolute atomic E-state index is 0.0615. The lowest BCUT2D eigenvalue weighted by Gasteiger charge is -2.08. The lowest BCUT2D eigenvalue weighted by molar-refractivity contribution is 0.262. The van der Waals surface area contributed by atoms with Crippen LogP contribution in [0.3, 0.4) is 0 Å². The fraction of sp³-hybridized carbons (Fsp3) is 0. The van der Waals surface area contributed by atoms with Gasteiger partial charge in [-0.15, -0.1) is 0 Å². The Labute approximate surface area is 175 Å². The Balaban J connectivity index is 1.50. The van der Waals surface area contributed by atoms with Gasteiger partial charge >= 0.3 is 6.03 Å². The standard InChI is InChI=1S/C20H15FN4O3S2/c21-15-8-4-5-9-16(15)23-19(26)22-13-10-11-17-18(12-13)29-20(24-17)25-30(27,28)14-6-2-1-3-7-14/h1-12H,(H,24,25)(H2,22,23,26). The highest BCUT2D eigenvalue weighted by atomic mass is 32.2. The van der Waals surface area contributed by atoms with E-state index in [2.05, 4.69) is 20.3 Å². The summed E-state index contributed by atoms with van der Waals surface area (Å²) < 4.78 is 41.7. The Morgan fingerprint density at radius 1 is 0.933 bits per heavy atom. The van der Waals surface area contributed by atoms with Crippen LogP contribution < -0.4 is 15.4 Å². The van der Waals surface area contributed by atoms with E-state index in [-0.39, 0.29) is 15.7 Å². The van der Waals surface area contributed by atoms with Crippen molar-refractivity contribution in [1.82, 2.24) is 4.98 Å². The molecule has 1 heterocycles. The van der Waals surface area contributed by atoms with Crippen molar-refractivity contribution in [3.05, 3.63) is 78.6 Å². The van der Waals surface area contributed by atoms with Crippen LogP contribution in [0.15, 0.2) is 77.7 Å². The van der Waals surface area contributed by atoms with Crippen LogP contribution in [-0.4, -0.2) is 19.4 Å². The Bertz CT molecular complexity index is 1320. The zero-order chi connectivity index (χ0) is 21.1. The lowest BCUT2D eigenvalue weighted by Crippen LogP contribution is -2.19. The Morgan fingerprint density at radius 2 is 1.67 bits per heavy atom. The van der Waals surface area contributed by atoms with Gasteiger partial charge in [0.05, 0.1) is 20.8 Å². The topological polar surface area (TPSA) is 100 Å². The number of halogens is 1. The van der Waals surface area contributed by atoms with E-state index in [4.69, 9.17) is 0 Å². The monoisotopic (exact) mass is 442 g/mol. The van der Waals surface area contributed by atoms with E-state index in [9.17, 15) is 17.6 Å². The second kappa shape index (κ2) is 8.09. The third-order valence-electron chi connectivity index (χ3n) is 4.04. The number of sulfonamides is 1. The number of benzene rings is 3. The van der Waals surface area contributed by atoms with Crippen LogP contribution in [-0.2, 0) is 10.0 Å². The van der Waals surface area contributed by atoms with E-state index in [1.165, 1.54) is 30.3 Å². The van der Waals surface area contributed by atoms with Crippen LogP contribution in [0.4, 0.5) is 25.7 Å². The highest BCUT2D eigenvalue weighted by molar-refractivity contribution is 7.93. The second-order valence-corrected chi connectivity index (χ2v) is 8.89. The first-order chi connectivity index (χ1) is 14.4. The molecule has 3 N–H and O–H groups in total. The number of amides is 2. The summed E-state index contributed by atoms with van der Waals surface area (Å²) in [6, 6.07) is 18.2. The van der Waals surface area contributed by atoms with Gasteiger partial charge in [0.1, 0.15) is 5.82 Å². The van der Waals surface area contributed by atoms with E-state index in [0.29, 0.717) is 15.9 Å². The predicted octanol–water partition coefficient (Wildman–Crippen LogP) is 4.88. The number of anilines is 3. The highest BCUT2D eigenvalue weighted by Gasteiger charge is 2.16. The number of thiazole rings is 1. The minimum atomic E-state index is -3.75. The number of hydrogen-bond donors (Lipinski definition) is 3. The van der Waals surface area contributed by atoms with Gasteiger partial charge in [-0.1, -0.05) is 41.7 Å². The Hall–Kier alpha value is -3.50. The maximum atomic E-state index is 13.7. The largest absolute Gasteiger partial charge is 0.323 e. The molecule has 0 unspecified atom stereocenters. The zero-order valence-electron chi connectivity index (χ0n) is 15.3. The molecule has 4 aromatic rings. The quantitative estimate of drug-likeness (QED) is 0.410. The van der Waals surface area contributed by atoms with E-state index < -0.39 is 21.9 Å². The molecular weight excluding hydrogens is 427 g/mol. The van der Waals surface area contributed by atoms with Crippen molar-refractivity contribution in [2.45, 2.75) is 4.90 Å². The van der Waals surface area contributed by atoms with Crippen LogP contribution in [0.1, 0.15) is 0 Å². The molecule has 0 aliphatic heterocycles. The van der Waals surface area contributed by atoms with Gasteiger partial charge in [-0.05, 0) is 42.5 Å². The van der Waals surface area contributed by atoms with Crippen LogP contribution in [0.25, 0.3) is 10.2 Å². The molecule has 0 saturated heterocycles. The number of carbonyl (C=O) groups is 1. The van der Waals surface area contributed by atoms with Crippen LogP contribution in [0.5, 0.6) is 0 Å². The van der Waals surface area contributed by atoms with Crippen molar-refractivity contribution >= 4 is 54.1 Å². The molecule has 0 fully saturated rings. The summed E-state index contributed by atoms with van der Waals surface area (Å²) >= 11 is 1.13. The number of fused-ring (bicyclic) bond motifs is 1. The highest BCUT2D eigenvalue weighted by Crippen LogP contribution is 2.30. The Kier molecular flexibility index (Phi) is 5.34. The average molecular weight is 442 g/mol. The molecule has 0 aliphatic carbocycles. The summed E-state index contributed by atoms with van der Waals surface area (Å²) in [6.45, 7) is 0. The van der Waals surface area contributed by atoms with Crippen LogP contribution in [0.2, 0.25) is 0 Å². The minimum Gasteiger partial charge on any atom is -0.308 e. The van der Waals surface area contributed by atoms with Crippen molar-refractivity contribution in [2.75, 3.05) is 15.4 Å². The molecule has 30 heavy (non-hydrogen) atoms. The Morgan fingerprint density at radius 3 is 2.43 bits per heavy atom. The molecule has 2 amide bonds. The molecule has 0 atom stereocenters. The summed E-state index contributed by atoms with van der Waals surface area (Å²) in [7, 11) is -3.75. The number of carbonyl (C=O) groups excluding carboxylic acids is 1. The van der Waals surface area contributed by atoms with Crippen LogP contribution >= 0.6 is 11.3 Å². The van der Waals surface area contributed by atoms with Crippen LogP contribution in [0, 0.1) is 5.82 Å². The summed E-state index contributed by atoms with van der Waals surface area (Å²) in [5.74, 6) is -0.541. The lowest BCUT2D eigenvalue weighted by atomic mass is 10.3. The predicted molar refractivity (Wildman–Crippen MR) is 116 cm³/mol. The molecular formula is C20H15FN4O3S2. The van der Waals surface area contributed by atoms with E-state index in [1.54, 1.807) is 42.5 Å². The smallest absolute Gasteiger partial charge is 0.308 e. The van der Waals surface area contributed by atoms with Gasteiger partial charge in [-0.2, -0.15) is 0 Å². The number of nitrogens with zero attached hydrogens (tertiary/aromatic N) is 1. The van der Waals surface area contributed by atoms with Gasteiger partial charge in [0.25, 0.3) is 10.0 Å². The van der Waals surface area contributed by atoms with E-state index in [1.807, 2.05) is 0 Å². The first-order valence-corrected chi connectivity index (χ1v) is 11.0. The number of rotatable bonds is 5. The molecule has 1 aromatic heterocycles. The fourth-order valence-corrected chi connectivity index (χ4v) is 4.83. The molecule has 0 spiro atoms. The van der Waals surface area contributed by atoms with Crippen molar-refractivity contribution < 1.29 is 17.6 Å². The molecule has 0 aliphatic rings. The normalized spacial score (nSPS) is 11.2. The van der Waals surface area contributed by atoms with Gasteiger partial charge in [0, 0.05) is 5.69 Å².